The summed E-state index contributed by atoms with van der Waals surface area (Å²) in [6.07, 6.45) is 3.17. The first-order chi connectivity index (χ1) is 6.76. The van der Waals surface area contributed by atoms with E-state index in [2.05, 4.69) is 19.1 Å². The second-order valence-corrected chi connectivity index (χ2v) is 3.86. The summed E-state index contributed by atoms with van der Waals surface area (Å²) in [5.41, 5.74) is 9.98. The molecule has 2 nitrogen and oxygen atoms in total. The fourth-order valence-corrected chi connectivity index (χ4v) is 2.18. The molecule has 1 aliphatic carbocycles. The fourth-order valence-electron chi connectivity index (χ4n) is 2.18. The third-order valence-electron chi connectivity index (χ3n) is 3.05. The molecule has 0 radical (unpaired) electrons. The number of nitrogens with two attached hydrogens (primary N) is 1. The number of benzene rings is 1. The summed E-state index contributed by atoms with van der Waals surface area (Å²) in [5.74, 6) is 1.01. The van der Waals surface area contributed by atoms with Gasteiger partial charge in [0, 0.05) is 6.04 Å². The molecule has 1 aromatic carbocycles. The van der Waals surface area contributed by atoms with Crippen LogP contribution in [-0.2, 0) is 12.8 Å². The standard InChI is InChI=1S/C12H17NO/c1-3-8-6-10-9(4-5-11(10)13)7-12(8)14-2/h6-7,11H,3-5,13H2,1-2H3. The molecule has 2 N–H and O–H groups in total. The van der Waals surface area contributed by atoms with Gasteiger partial charge < -0.3 is 10.5 Å². The van der Waals surface area contributed by atoms with E-state index in [-0.39, 0.29) is 6.04 Å². The first kappa shape index (κ1) is 9.53. The van der Waals surface area contributed by atoms with Crippen molar-refractivity contribution in [3.63, 3.8) is 0 Å². The Morgan fingerprint density at radius 2 is 2.29 bits per heavy atom. The van der Waals surface area contributed by atoms with Gasteiger partial charge in [-0.3, -0.25) is 0 Å². The zero-order valence-electron chi connectivity index (χ0n) is 8.84. The topological polar surface area (TPSA) is 35.2 Å². The SMILES string of the molecule is CCc1cc2c(cc1OC)CCC2N. The van der Waals surface area contributed by atoms with Gasteiger partial charge in [0.15, 0.2) is 0 Å². The van der Waals surface area contributed by atoms with Crippen LogP contribution in [0.2, 0.25) is 0 Å². The van der Waals surface area contributed by atoms with Crippen LogP contribution in [0.4, 0.5) is 0 Å². The van der Waals surface area contributed by atoms with E-state index in [4.69, 9.17) is 10.5 Å². The van der Waals surface area contributed by atoms with Crippen molar-refractivity contribution in [2.45, 2.75) is 32.2 Å². The monoisotopic (exact) mass is 191 g/mol. The molecule has 0 saturated heterocycles. The Morgan fingerprint density at radius 3 is 2.93 bits per heavy atom. The Hall–Kier alpha value is -1.02. The number of aryl methyl sites for hydroxylation is 2. The molecular weight excluding hydrogens is 174 g/mol. The molecule has 0 spiro atoms. The summed E-state index contributed by atoms with van der Waals surface area (Å²) in [6, 6.07) is 4.61. The van der Waals surface area contributed by atoms with Gasteiger partial charge >= 0.3 is 0 Å². The molecular formula is C12H17NO. The van der Waals surface area contributed by atoms with Crippen molar-refractivity contribution in [3.05, 3.63) is 28.8 Å². The Kier molecular flexibility index (Phi) is 2.46. The lowest BCUT2D eigenvalue weighted by atomic mass is 10.0. The maximum Gasteiger partial charge on any atom is 0.122 e. The molecule has 1 unspecified atom stereocenters. The summed E-state index contributed by atoms with van der Waals surface area (Å²) >= 11 is 0. The van der Waals surface area contributed by atoms with Gasteiger partial charge in [0.05, 0.1) is 7.11 Å². The van der Waals surface area contributed by atoms with Crippen LogP contribution in [0.25, 0.3) is 0 Å². The predicted molar refractivity (Wildman–Crippen MR) is 57.6 cm³/mol. The van der Waals surface area contributed by atoms with E-state index in [0.717, 1.165) is 25.0 Å². The summed E-state index contributed by atoms with van der Waals surface area (Å²) in [7, 11) is 1.73. The summed E-state index contributed by atoms with van der Waals surface area (Å²) in [4.78, 5) is 0. The van der Waals surface area contributed by atoms with Gasteiger partial charge in [0.2, 0.25) is 0 Å². The second-order valence-electron chi connectivity index (χ2n) is 3.86. The van der Waals surface area contributed by atoms with Crippen LogP contribution in [0.3, 0.4) is 0 Å². The number of rotatable bonds is 2. The van der Waals surface area contributed by atoms with E-state index >= 15 is 0 Å². The minimum atomic E-state index is 0.237. The maximum absolute atomic E-state index is 6.02. The molecule has 2 rings (SSSR count). The first-order valence-electron chi connectivity index (χ1n) is 5.21. The molecule has 14 heavy (non-hydrogen) atoms. The van der Waals surface area contributed by atoms with E-state index in [9.17, 15) is 0 Å². The smallest absolute Gasteiger partial charge is 0.122 e. The van der Waals surface area contributed by atoms with Crippen LogP contribution in [0, 0.1) is 0 Å². The van der Waals surface area contributed by atoms with Gasteiger partial charge in [-0.25, -0.2) is 0 Å². The van der Waals surface area contributed by atoms with Crippen molar-refractivity contribution in [1.29, 1.82) is 0 Å². The summed E-state index contributed by atoms with van der Waals surface area (Å²) in [6.45, 7) is 2.14. The number of hydrogen-bond acceptors (Lipinski definition) is 2. The summed E-state index contributed by atoms with van der Waals surface area (Å²) in [5, 5.41) is 0. The van der Waals surface area contributed by atoms with Gasteiger partial charge in [0.1, 0.15) is 5.75 Å². The highest BCUT2D eigenvalue weighted by Crippen LogP contribution is 2.34. The van der Waals surface area contributed by atoms with Crippen molar-refractivity contribution in [3.8, 4) is 5.75 Å². The Morgan fingerprint density at radius 1 is 1.50 bits per heavy atom. The zero-order valence-corrected chi connectivity index (χ0v) is 8.84. The highest BCUT2D eigenvalue weighted by atomic mass is 16.5. The Bertz CT molecular complexity index is 346. The molecule has 0 aliphatic heterocycles. The minimum absolute atomic E-state index is 0.237. The van der Waals surface area contributed by atoms with Crippen molar-refractivity contribution in [2.24, 2.45) is 5.73 Å². The quantitative estimate of drug-likeness (QED) is 0.777. The second kappa shape index (κ2) is 3.62. The van der Waals surface area contributed by atoms with E-state index < -0.39 is 0 Å². The van der Waals surface area contributed by atoms with E-state index in [1.54, 1.807) is 7.11 Å². The van der Waals surface area contributed by atoms with Crippen molar-refractivity contribution >= 4 is 0 Å². The van der Waals surface area contributed by atoms with Crippen molar-refractivity contribution < 1.29 is 4.74 Å². The normalized spacial score (nSPS) is 19.5. The fraction of sp³-hybridized carbons (Fsp3) is 0.500. The lowest BCUT2D eigenvalue weighted by Gasteiger charge is -2.11. The van der Waals surface area contributed by atoms with Gasteiger partial charge in [-0.1, -0.05) is 13.0 Å². The number of hydrogen-bond donors (Lipinski definition) is 1. The van der Waals surface area contributed by atoms with Gasteiger partial charge in [-0.15, -0.1) is 0 Å². The molecule has 1 aromatic rings. The van der Waals surface area contributed by atoms with E-state index in [0.29, 0.717) is 0 Å². The van der Waals surface area contributed by atoms with Crippen LogP contribution < -0.4 is 10.5 Å². The molecule has 1 aliphatic rings. The molecule has 76 valence electrons. The number of methoxy groups -OCH3 is 1. The third kappa shape index (κ3) is 1.40. The highest BCUT2D eigenvalue weighted by molar-refractivity contribution is 5.46. The van der Waals surface area contributed by atoms with Crippen LogP contribution >= 0.6 is 0 Å². The average molecular weight is 191 g/mol. The largest absolute Gasteiger partial charge is 0.496 e. The maximum atomic E-state index is 6.02. The minimum Gasteiger partial charge on any atom is -0.496 e. The average Bonchev–Trinajstić information content (AvgIpc) is 2.58. The Balaban J connectivity index is 2.49. The number of fused-ring (bicyclic) bond motifs is 1. The van der Waals surface area contributed by atoms with E-state index in [1.165, 1.54) is 16.7 Å². The Labute approximate surface area is 85.1 Å². The molecule has 0 saturated carbocycles. The highest BCUT2D eigenvalue weighted by Gasteiger charge is 2.20. The van der Waals surface area contributed by atoms with Gasteiger partial charge in [-0.05, 0) is 42.0 Å². The molecule has 0 fully saturated rings. The third-order valence-corrected chi connectivity index (χ3v) is 3.05. The molecule has 0 aromatic heterocycles. The van der Waals surface area contributed by atoms with Crippen LogP contribution in [-0.4, -0.2) is 7.11 Å². The number of ether oxygens (including phenoxy) is 1. The van der Waals surface area contributed by atoms with E-state index in [1.807, 2.05) is 0 Å². The molecule has 0 heterocycles. The molecule has 2 heteroatoms. The lowest BCUT2D eigenvalue weighted by Crippen LogP contribution is -2.06. The van der Waals surface area contributed by atoms with Gasteiger partial charge in [0.25, 0.3) is 0 Å². The van der Waals surface area contributed by atoms with Crippen LogP contribution in [0.5, 0.6) is 5.75 Å². The predicted octanol–water partition coefficient (Wildman–Crippen LogP) is 2.20. The summed E-state index contributed by atoms with van der Waals surface area (Å²) < 4.78 is 5.36. The molecule has 0 bridgehead atoms. The molecule has 1 atom stereocenters. The van der Waals surface area contributed by atoms with Crippen LogP contribution in [0.1, 0.15) is 36.1 Å². The zero-order chi connectivity index (χ0) is 10.1. The van der Waals surface area contributed by atoms with Crippen molar-refractivity contribution in [2.75, 3.05) is 7.11 Å². The molecule has 0 amide bonds. The van der Waals surface area contributed by atoms with Gasteiger partial charge in [-0.2, -0.15) is 0 Å². The lowest BCUT2D eigenvalue weighted by molar-refractivity contribution is 0.409. The van der Waals surface area contributed by atoms with Crippen molar-refractivity contribution in [1.82, 2.24) is 0 Å². The van der Waals surface area contributed by atoms with Crippen LogP contribution in [0.15, 0.2) is 12.1 Å². The first-order valence-corrected chi connectivity index (χ1v) is 5.21.